The molecular formula is C24H24ClN7O4. The Morgan fingerprint density at radius 2 is 2.06 bits per heavy atom. The van der Waals surface area contributed by atoms with E-state index in [0.29, 0.717) is 61.2 Å². The van der Waals surface area contributed by atoms with Crippen LogP contribution in [0.15, 0.2) is 30.5 Å². The van der Waals surface area contributed by atoms with Crippen LogP contribution < -0.4 is 15.4 Å². The van der Waals surface area contributed by atoms with E-state index < -0.39 is 0 Å². The SMILES string of the molecule is COc1cc(-c2nc(C(=O)N3CCC(C(=O)NCc4ccc5c(c4)CC(=O)N5)CC3)n[nH]2)c(Cl)cn1. The number of piperidine rings is 1. The summed E-state index contributed by atoms with van der Waals surface area (Å²) in [4.78, 5) is 47.2. The van der Waals surface area contributed by atoms with Gasteiger partial charge in [0.05, 0.1) is 24.8 Å². The van der Waals surface area contributed by atoms with E-state index >= 15 is 0 Å². The summed E-state index contributed by atoms with van der Waals surface area (Å²) in [6.45, 7) is 1.25. The Morgan fingerprint density at radius 1 is 1.25 bits per heavy atom. The van der Waals surface area contributed by atoms with Crippen molar-refractivity contribution in [3.05, 3.63) is 52.4 Å². The quantitative estimate of drug-likeness (QED) is 0.462. The first-order valence-corrected chi connectivity index (χ1v) is 11.9. The molecular weight excluding hydrogens is 486 g/mol. The maximum atomic E-state index is 12.9. The molecule has 11 nitrogen and oxygen atoms in total. The number of likely N-dealkylation sites (tertiary alicyclic amines) is 1. The van der Waals surface area contributed by atoms with Gasteiger partial charge in [0.1, 0.15) is 0 Å². The molecule has 3 N–H and O–H groups in total. The first kappa shape index (κ1) is 23.7. The molecule has 0 radical (unpaired) electrons. The van der Waals surface area contributed by atoms with Gasteiger partial charge in [-0.25, -0.2) is 9.97 Å². The number of nitrogens with one attached hydrogen (secondary N) is 3. The highest BCUT2D eigenvalue weighted by molar-refractivity contribution is 6.33. The maximum absolute atomic E-state index is 12.9. The van der Waals surface area contributed by atoms with Gasteiger partial charge in [-0.15, -0.1) is 5.10 Å². The number of anilines is 1. The molecule has 2 aliphatic heterocycles. The normalized spacial score (nSPS) is 15.4. The third-order valence-corrected chi connectivity index (χ3v) is 6.69. The van der Waals surface area contributed by atoms with Crippen LogP contribution in [0.5, 0.6) is 5.88 Å². The molecule has 36 heavy (non-hydrogen) atoms. The van der Waals surface area contributed by atoms with Crippen LogP contribution in [0.2, 0.25) is 5.02 Å². The van der Waals surface area contributed by atoms with Gasteiger partial charge in [0.25, 0.3) is 5.91 Å². The molecule has 3 amide bonds. The van der Waals surface area contributed by atoms with Crippen molar-refractivity contribution in [2.24, 2.45) is 5.92 Å². The van der Waals surface area contributed by atoms with Gasteiger partial charge in [-0.2, -0.15) is 0 Å². The number of pyridine rings is 1. The summed E-state index contributed by atoms with van der Waals surface area (Å²) in [6, 6.07) is 7.31. The molecule has 0 aliphatic carbocycles. The molecule has 186 valence electrons. The van der Waals surface area contributed by atoms with Gasteiger partial charge in [0.15, 0.2) is 5.82 Å². The van der Waals surface area contributed by atoms with E-state index in [0.717, 1.165) is 16.8 Å². The monoisotopic (exact) mass is 509 g/mol. The number of hydrogen-bond acceptors (Lipinski definition) is 7. The highest BCUT2D eigenvalue weighted by atomic mass is 35.5. The van der Waals surface area contributed by atoms with Gasteiger partial charge in [-0.1, -0.05) is 23.7 Å². The smallest absolute Gasteiger partial charge is 0.293 e. The molecule has 0 unspecified atom stereocenters. The molecule has 1 saturated heterocycles. The Hall–Kier alpha value is -3.99. The lowest BCUT2D eigenvalue weighted by molar-refractivity contribution is -0.126. The number of halogens is 1. The molecule has 2 aromatic heterocycles. The van der Waals surface area contributed by atoms with Crippen molar-refractivity contribution in [3.63, 3.8) is 0 Å². The summed E-state index contributed by atoms with van der Waals surface area (Å²) in [6.07, 6.45) is 2.90. The molecule has 0 spiro atoms. The third kappa shape index (κ3) is 4.87. The van der Waals surface area contributed by atoms with Gasteiger partial charge in [-0.3, -0.25) is 19.5 Å². The molecule has 5 rings (SSSR count). The van der Waals surface area contributed by atoms with Crippen molar-refractivity contribution in [3.8, 4) is 17.3 Å². The summed E-state index contributed by atoms with van der Waals surface area (Å²) < 4.78 is 5.12. The number of H-pyrrole nitrogens is 1. The molecule has 1 fully saturated rings. The van der Waals surface area contributed by atoms with Gasteiger partial charge in [0.2, 0.25) is 23.5 Å². The number of fused-ring (bicyclic) bond motifs is 1. The fourth-order valence-electron chi connectivity index (χ4n) is 4.40. The van der Waals surface area contributed by atoms with E-state index in [1.54, 1.807) is 11.0 Å². The van der Waals surface area contributed by atoms with Crippen LogP contribution in [0.3, 0.4) is 0 Å². The minimum atomic E-state index is -0.310. The lowest BCUT2D eigenvalue weighted by Gasteiger charge is -2.30. The van der Waals surface area contributed by atoms with Crippen molar-refractivity contribution >= 4 is 35.0 Å². The number of carbonyl (C=O) groups is 3. The molecule has 4 heterocycles. The number of amides is 3. The van der Waals surface area contributed by atoms with Crippen LogP contribution in [0.4, 0.5) is 5.69 Å². The molecule has 2 aliphatic rings. The lowest BCUT2D eigenvalue weighted by atomic mass is 9.95. The summed E-state index contributed by atoms with van der Waals surface area (Å²) in [7, 11) is 1.49. The second kappa shape index (κ2) is 9.94. The van der Waals surface area contributed by atoms with Crippen molar-refractivity contribution in [1.82, 2.24) is 30.4 Å². The van der Waals surface area contributed by atoms with Crippen molar-refractivity contribution in [2.45, 2.75) is 25.8 Å². The molecule has 0 atom stereocenters. The Balaban J connectivity index is 1.14. The average molecular weight is 510 g/mol. The largest absolute Gasteiger partial charge is 0.481 e. The minimum absolute atomic E-state index is 0.0184. The second-order valence-corrected chi connectivity index (χ2v) is 9.12. The van der Waals surface area contributed by atoms with Crippen LogP contribution in [0.25, 0.3) is 11.4 Å². The maximum Gasteiger partial charge on any atom is 0.293 e. The number of benzene rings is 1. The Morgan fingerprint density at radius 3 is 2.83 bits per heavy atom. The number of aromatic amines is 1. The summed E-state index contributed by atoms with van der Waals surface area (Å²) >= 11 is 6.21. The molecule has 12 heteroatoms. The predicted octanol–water partition coefficient (Wildman–Crippen LogP) is 2.19. The van der Waals surface area contributed by atoms with E-state index in [9.17, 15) is 14.4 Å². The van der Waals surface area contributed by atoms with Crippen LogP contribution >= 0.6 is 11.6 Å². The summed E-state index contributed by atoms with van der Waals surface area (Å²) in [5.74, 6) is 0.178. The van der Waals surface area contributed by atoms with E-state index in [-0.39, 0.29) is 29.5 Å². The summed E-state index contributed by atoms with van der Waals surface area (Å²) in [5, 5.41) is 12.9. The van der Waals surface area contributed by atoms with Gasteiger partial charge in [0, 0.05) is 42.9 Å². The van der Waals surface area contributed by atoms with Crippen LogP contribution in [-0.4, -0.2) is 63.0 Å². The zero-order valence-electron chi connectivity index (χ0n) is 19.5. The number of hydrogen-bond donors (Lipinski definition) is 3. The van der Waals surface area contributed by atoms with Gasteiger partial charge < -0.3 is 20.3 Å². The molecule has 3 aromatic rings. The van der Waals surface area contributed by atoms with E-state index in [1.165, 1.54) is 13.3 Å². The van der Waals surface area contributed by atoms with Gasteiger partial charge in [-0.05, 0) is 30.0 Å². The van der Waals surface area contributed by atoms with E-state index in [4.69, 9.17) is 16.3 Å². The number of ether oxygens (including phenoxy) is 1. The Labute approximate surface area is 211 Å². The predicted molar refractivity (Wildman–Crippen MR) is 130 cm³/mol. The van der Waals surface area contributed by atoms with Gasteiger partial charge >= 0.3 is 0 Å². The zero-order valence-corrected chi connectivity index (χ0v) is 20.3. The van der Waals surface area contributed by atoms with Crippen LogP contribution in [0, 0.1) is 5.92 Å². The zero-order chi connectivity index (χ0) is 25.2. The van der Waals surface area contributed by atoms with Crippen LogP contribution in [0.1, 0.15) is 34.6 Å². The number of methoxy groups -OCH3 is 1. The minimum Gasteiger partial charge on any atom is -0.481 e. The second-order valence-electron chi connectivity index (χ2n) is 8.71. The number of rotatable bonds is 6. The highest BCUT2D eigenvalue weighted by Gasteiger charge is 2.29. The fraction of sp³-hybridized carbons (Fsp3) is 0.333. The topological polar surface area (TPSA) is 142 Å². The summed E-state index contributed by atoms with van der Waals surface area (Å²) in [5.41, 5.74) is 3.24. The van der Waals surface area contributed by atoms with Crippen LogP contribution in [-0.2, 0) is 22.6 Å². The highest BCUT2D eigenvalue weighted by Crippen LogP contribution is 2.28. The fourth-order valence-corrected chi connectivity index (χ4v) is 4.60. The van der Waals surface area contributed by atoms with Crippen molar-refractivity contribution < 1.29 is 19.1 Å². The molecule has 0 saturated carbocycles. The van der Waals surface area contributed by atoms with Crippen molar-refractivity contribution in [2.75, 3.05) is 25.5 Å². The van der Waals surface area contributed by atoms with E-state index in [1.807, 2.05) is 18.2 Å². The lowest BCUT2D eigenvalue weighted by Crippen LogP contribution is -2.43. The van der Waals surface area contributed by atoms with Crippen molar-refractivity contribution in [1.29, 1.82) is 0 Å². The molecule has 0 bridgehead atoms. The third-order valence-electron chi connectivity index (χ3n) is 6.39. The Bertz CT molecular complexity index is 1330. The first-order chi connectivity index (χ1) is 17.4. The Kier molecular flexibility index (Phi) is 6.55. The number of aromatic nitrogens is 4. The average Bonchev–Trinajstić information content (AvgIpc) is 3.53. The standard InChI is InChI=1S/C24H24ClN7O4/c1-36-20-10-16(17(25)12-26-20)21-29-22(31-30-21)24(35)32-6-4-14(5-7-32)23(34)27-11-13-2-3-18-15(8-13)9-19(33)28-18/h2-3,8,10,12,14H,4-7,9,11H2,1H3,(H,27,34)(H,28,33)(H,29,30,31). The number of carbonyl (C=O) groups excluding carboxylic acids is 3. The number of nitrogens with zero attached hydrogens (tertiary/aromatic N) is 4. The molecule has 1 aromatic carbocycles. The van der Waals surface area contributed by atoms with E-state index in [2.05, 4.69) is 30.8 Å². The first-order valence-electron chi connectivity index (χ1n) is 11.5.